The first kappa shape index (κ1) is 37.0. The normalized spacial score (nSPS) is 13.4. The number of anilines is 9. The van der Waals surface area contributed by atoms with Crippen LogP contribution in [0, 0.1) is 0 Å². The van der Waals surface area contributed by atoms with Crippen molar-refractivity contribution in [2.45, 2.75) is 52.4 Å². The van der Waals surface area contributed by atoms with Crippen molar-refractivity contribution >= 4 is 116 Å². The maximum Gasteiger partial charge on any atom is 0.277 e. The van der Waals surface area contributed by atoms with Gasteiger partial charge in [0.15, 0.2) is 0 Å². The van der Waals surface area contributed by atoms with Gasteiger partial charge in [-0.15, -0.1) is 22.7 Å². The van der Waals surface area contributed by atoms with E-state index in [9.17, 15) is 0 Å². The van der Waals surface area contributed by atoms with Crippen LogP contribution >= 0.6 is 22.7 Å². The number of nitrogens with zero attached hydrogens (tertiary/aromatic N) is 3. The Labute approximate surface area is 361 Å². The van der Waals surface area contributed by atoms with Gasteiger partial charge in [-0.25, -0.2) is 0 Å². The van der Waals surface area contributed by atoms with Crippen LogP contribution in [0.5, 0.6) is 0 Å². The third kappa shape index (κ3) is 5.68. The molecule has 0 N–H and O–H groups in total. The molecule has 11 rings (SSSR count). The minimum absolute atomic E-state index is 0.0252. The minimum atomic E-state index is -0.0252. The van der Waals surface area contributed by atoms with Gasteiger partial charge < -0.3 is 14.7 Å². The van der Waals surface area contributed by atoms with Crippen LogP contribution in [0.15, 0.2) is 170 Å². The van der Waals surface area contributed by atoms with Gasteiger partial charge in [0, 0.05) is 63.8 Å². The quantitative estimate of drug-likeness (QED) is 0.160. The van der Waals surface area contributed by atoms with E-state index in [-0.39, 0.29) is 17.5 Å². The summed E-state index contributed by atoms with van der Waals surface area (Å²) in [5.41, 5.74) is 14.8. The van der Waals surface area contributed by atoms with Crippen LogP contribution in [-0.2, 0) is 10.8 Å². The van der Waals surface area contributed by atoms with E-state index in [2.05, 4.69) is 226 Å². The molecule has 6 heteroatoms. The largest absolute Gasteiger partial charge is 0.310 e. The molecule has 0 saturated carbocycles. The second-order valence-electron chi connectivity index (χ2n) is 18.2. The molecule has 9 aromatic rings. The van der Waals surface area contributed by atoms with Crippen LogP contribution in [0.4, 0.5) is 51.2 Å². The van der Waals surface area contributed by atoms with E-state index in [1.54, 1.807) is 0 Å². The first-order valence-electron chi connectivity index (χ1n) is 21.0. The van der Waals surface area contributed by atoms with Crippen molar-refractivity contribution in [3.8, 4) is 0 Å². The maximum atomic E-state index is 2.59. The van der Waals surface area contributed by atoms with E-state index >= 15 is 0 Å². The molecule has 2 aliphatic rings. The van der Waals surface area contributed by atoms with Gasteiger partial charge in [0.2, 0.25) is 0 Å². The van der Waals surface area contributed by atoms with Crippen molar-refractivity contribution in [2.24, 2.45) is 0 Å². The van der Waals surface area contributed by atoms with Crippen LogP contribution in [0.2, 0.25) is 0 Å². The van der Waals surface area contributed by atoms with E-state index < -0.39 is 0 Å². The lowest BCUT2D eigenvalue weighted by atomic mass is 9.39. The highest BCUT2D eigenvalue weighted by molar-refractivity contribution is 7.41. The molecular formula is C54H46BN3S2. The standard InChI is InChI=1S/C54H46BN3S2/c1-53(2,3)42-31-19-29-40-47-51(59-49(40)42)55-46-44(57(47)37-25-15-9-16-26-37)33-39(56(35-21-11-7-12-22-35)36-23-13-8-14-24-36)34-45(46)58(38-27-17-10-18-28-38)48-41-30-20-32-43(54(4,5)6)50(41)60-52(48)55/h7-34H,1-6H3. The van der Waals surface area contributed by atoms with Gasteiger partial charge in [-0.1, -0.05) is 151 Å². The van der Waals surface area contributed by atoms with Crippen molar-refractivity contribution in [2.75, 3.05) is 14.7 Å². The lowest BCUT2D eigenvalue weighted by Gasteiger charge is -2.43. The maximum absolute atomic E-state index is 2.59. The van der Waals surface area contributed by atoms with E-state index in [0.717, 1.165) is 28.4 Å². The second-order valence-corrected chi connectivity index (χ2v) is 20.3. The second kappa shape index (κ2) is 13.7. The molecule has 7 aromatic carbocycles. The predicted molar refractivity (Wildman–Crippen MR) is 263 cm³/mol. The van der Waals surface area contributed by atoms with Crippen LogP contribution in [0.25, 0.3) is 20.2 Å². The molecule has 292 valence electrons. The fourth-order valence-corrected chi connectivity index (χ4v) is 12.9. The Morgan fingerprint density at radius 2 is 0.817 bits per heavy atom. The summed E-state index contributed by atoms with van der Waals surface area (Å²) in [6.45, 7) is 14.2. The molecule has 0 spiro atoms. The molecule has 0 unspecified atom stereocenters. The summed E-state index contributed by atoms with van der Waals surface area (Å²) in [5.74, 6) is 0. The van der Waals surface area contributed by atoms with Crippen molar-refractivity contribution in [1.82, 2.24) is 0 Å². The highest BCUT2D eigenvalue weighted by Gasteiger charge is 2.48. The third-order valence-corrected chi connectivity index (χ3v) is 14.8. The molecule has 60 heavy (non-hydrogen) atoms. The molecule has 0 radical (unpaired) electrons. The van der Waals surface area contributed by atoms with E-state index in [0.29, 0.717) is 0 Å². The molecule has 3 nitrogen and oxygen atoms in total. The van der Waals surface area contributed by atoms with Crippen molar-refractivity contribution in [3.05, 3.63) is 181 Å². The van der Waals surface area contributed by atoms with E-state index in [1.165, 1.54) is 69.1 Å². The van der Waals surface area contributed by atoms with Gasteiger partial charge in [0.1, 0.15) is 0 Å². The zero-order valence-electron chi connectivity index (χ0n) is 34.9. The summed E-state index contributed by atoms with van der Waals surface area (Å²) in [7, 11) is 0. The van der Waals surface area contributed by atoms with Crippen molar-refractivity contribution in [1.29, 1.82) is 0 Å². The van der Waals surface area contributed by atoms with E-state index in [4.69, 9.17) is 0 Å². The topological polar surface area (TPSA) is 9.72 Å². The molecule has 0 fully saturated rings. The molecule has 2 aliphatic heterocycles. The zero-order chi connectivity index (χ0) is 40.9. The first-order valence-corrected chi connectivity index (χ1v) is 22.6. The van der Waals surface area contributed by atoms with Crippen LogP contribution in [0.3, 0.4) is 0 Å². The Morgan fingerprint density at radius 3 is 1.20 bits per heavy atom. The van der Waals surface area contributed by atoms with Gasteiger partial charge in [-0.3, -0.25) is 0 Å². The molecule has 0 aliphatic carbocycles. The highest BCUT2D eigenvalue weighted by atomic mass is 32.1. The summed E-state index contributed by atoms with van der Waals surface area (Å²) in [6, 6.07) is 62.7. The smallest absolute Gasteiger partial charge is 0.277 e. The molecule has 4 heterocycles. The summed E-state index contributed by atoms with van der Waals surface area (Å²) in [6.07, 6.45) is 0. The average Bonchev–Trinajstić information content (AvgIpc) is 3.83. The number of fused-ring (bicyclic) bond motifs is 8. The van der Waals surface area contributed by atoms with Crippen molar-refractivity contribution in [3.63, 3.8) is 0 Å². The molecular weight excluding hydrogens is 766 g/mol. The SMILES string of the molecule is CC(C)(C)c1cccc2c3c(sc12)B1c2sc4c(C(C)(C)C)cccc4c2N(c2ccccc2)c2cc(N(c4ccccc4)c4ccccc4)cc(c21)N3c1ccccc1. The number of benzene rings is 7. The summed E-state index contributed by atoms with van der Waals surface area (Å²) in [5, 5.41) is 2.63. The molecule has 0 bridgehead atoms. The average molecular weight is 812 g/mol. The fourth-order valence-electron chi connectivity index (χ4n) is 9.60. The molecule has 2 aromatic heterocycles. The summed E-state index contributed by atoms with van der Waals surface area (Å²) < 4.78 is 5.58. The Hall–Kier alpha value is -6.08. The van der Waals surface area contributed by atoms with Crippen molar-refractivity contribution < 1.29 is 0 Å². The van der Waals surface area contributed by atoms with Gasteiger partial charge >= 0.3 is 0 Å². The van der Waals surface area contributed by atoms with Crippen LogP contribution < -0.4 is 29.7 Å². The lowest BCUT2D eigenvalue weighted by molar-refractivity contribution is 0.596. The lowest BCUT2D eigenvalue weighted by Crippen LogP contribution is -2.59. The fraction of sp³-hybridized carbons (Fsp3) is 0.148. The Kier molecular flexibility index (Phi) is 8.46. The Morgan fingerprint density at radius 1 is 0.433 bits per heavy atom. The minimum Gasteiger partial charge on any atom is -0.310 e. The molecule has 0 saturated heterocycles. The summed E-state index contributed by atoms with van der Waals surface area (Å²) >= 11 is 4.02. The number of rotatable bonds is 5. The number of hydrogen-bond acceptors (Lipinski definition) is 5. The van der Waals surface area contributed by atoms with E-state index in [1.807, 2.05) is 22.7 Å². The zero-order valence-corrected chi connectivity index (χ0v) is 36.5. The van der Waals surface area contributed by atoms with Gasteiger partial charge in [-0.2, -0.15) is 0 Å². The van der Waals surface area contributed by atoms with Gasteiger partial charge in [0.05, 0.1) is 17.1 Å². The Balaban J connectivity index is 1.33. The highest BCUT2D eigenvalue weighted by Crippen LogP contribution is 2.53. The third-order valence-electron chi connectivity index (χ3n) is 12.2. The number of hydrogen-bond donors (Lipinski definition) is 0. The number of thiophene rings is 2. The summed E-state index contributed by atoms with van der Waals surface area (Å²) in [4.78, 5) is 7.61. The monoisotopic (exact) mass is 811 g/mol. The molecule has 0 amide bonds. The van der Waals surface area contributed by atoms with Gasteiger partial charge in [0.25, 0.3) is 6.71 Å². The van der Waals surface area contributed by atoms with Gasteiger partial charge in [-0.05, 0) is 88.1 Å². The van der Waals surface area contributed by atoms with Crippen LogP contribution in [-0.4, -0.2) is 6.71 Å². The number of para-hydroxylation sites is 4. The van der Waals surface area contributed by atoms with Crippen LogP contribution in [0.1, 0.15) is 52.7 Å². The first-order chi connectivity index (χ1) is 29.1. The Bertz CT molecular complexity index is 2860. The predicted octanol–water partition coefficient (Wildman–Crippen LogP) is 14.3. The molecule has 0 atom stereocenters.